The van der Waals surface area contributed by atoms with Crippen LogP contribution in [-0.2, 0) is 18.4 Å². The largest absolute Gasteiger partial charge is 0.472 e. The van der Waals surface area contributed by atoms with E-state index in [1.165, 1.54) is 109 Å². The summed E-state index contributed by atoms with van der Waals surface area (Å²) in [7, 11) is 1.56. The van der Waals surface area contributed by atoms with Crippen LogP contribution >= 0.6 is 7.82 Å². The fraction of sp³-hybridized carbons (Fsp3) is 0.844. The minimum Gasteiger partial charge on any atom is -0.387 e. The molecule has 0 aromatic rings. The van der Waals surface area contributed by atoms with Crippen molar-refractivity contribution in [2.24, 2.45) is 0 Å². The number of phosphoric ester groups is 1. The van der Waals surface area contributed by atoms with Gasteiger partial charge in [0.15, 0.2) is 0 Å². The first-order valence-electron chi connectivity index (χ1n) is 22.4. The fourth-order valence-electron chi connectivity index (χ4n) is 6.25. The van der Waals surface area contributed by atoms with Crippen LogP contribution < -0.4 is 5.32 Å². The lowest BCUT2D eigenvalue weighted by atomic mass is 10.0. The van der Waals surface area contributed by atoms with Crippen LogP contribution in [0.3, 0.4) is 0 Å². The highest BCUT2D eigenvalue weighted by molar-refractivity contribution is 7.47. The Kier molecular flexibility index (Phi) is 36.4. The number of aliphatic hydroxyl groups is 1. The van der Waals surface area contributed by atoms with E-state index in [0.29, 0.717) is 17.4 Å². The van der Waals surface area contributed by atoms with Gasteiger partial charge >= 0.3 is 7.82 Å². The van der Waals surface area contributed by atoms with Gasteiger partial charge in [-0.2, -0.15) is 0 Å². The molecule has 9 heteroatoms. The minimum absolute atomic E-state index is 0.0584. The number of likely N-dealkylation sites (N-methyl/N-ethyl adjacent to an activating group) is 1. The average Bonchev–Trinajstić information content (AvgIpc) is 3.12. The zero-order valence-electron chi connectivity index (χ0n) is 36.0. The smallest absolute Gasteiger partial charge is 0.387 e. The van der Waals surface area contributed by atoms with Crippen LogP contribution in [0.2, 0.25) is 0 Å². The van der Waals surface area contributed by atoms with Crippen LogP contribution in [0.4, 0.5) is 0 Å². The standard InChI is InChI=1S/C45H87N2O6P/c1-6-8-10-12-14-16-18-20-22-23-25-26-28-30-32-34-36-38-44(48)43(42-53-54(50,51)52-41-40-47(3,4)5)46-45(49)39-37-35-33-31-29-27-24-21-19-17-15-13-11-9-7-2/h15,17,21,24,36,38,43-44,48H,6-14,16,18-20,22-23,25-35,37,39-42H2,1-5H3,(H-,46,49,50,51)/p+1/b17-15+,24-21+,38-36+/t43-,44+/m0/s1. The molecule has 0 spiro atoms. The summed E-state index contributed by atoms with van der Waals surface area (Å²) in [6.45, 7) is 4.77. The summed E-state index contributed by atoms with van der Waals surface area (Å²) in [5, 5.41) is 13.8. The molecule has 0 aliphatic rings. The van der Waals surface area contributed by atoms with Crippen molar-refractivity contribution in [1.82, 2.24) is 5.32 Å². The quantitative estimate of drug-likeness (QED) is 0.0247. The molecule has 0 radical (unpaired) electrons. The molecule has 54 heavy (non-hydrogen) atoms. The van der Waals surface area contributed by atoms with Crippen molar-refractivity contribution in [2.45, 2.75) is 206 Å². The summed E-state index contributed by atoms with van der Waals surface area (Å²) in [5.74, 6) is -0.192. The van der Waals surface area contributed by atoms with Gasteiger partial charge in [-0.25, -0.2) is 4.57 Å². The van der Waals surface area contributed by atoms with E-state index in [1.54, 1.807) is 6.08 Å². The average molecular weight is 784 g/mol. The maximum Gasteiger partial charge on any atom is 0.472 e. The van der Waals surface area contributed by atoms with Crippen molar-refractivity contribution in [3.63, 3.8) is 0 Å². The van der Waals surface area contributed by atoms with Crippen LogP contribution in [0.1, 0.15) is 194 Å². The molecular weight excluding hydrogens is 695 g/mol. The number of amides is 1. The van der Waals surface area contributed by atoms with Crippen molar-refractivity contribution in [3.8, 4) is 0 Å². The highest BCUT2D eigenvalue weighted by atomic mass is 31.2. The van der Waals surface area contributed by atoms with Crippen LogP contribution in [-0.4, -0.2) is 73.4 Å². The third-order valence-electron chi connectivity index (χ3n) is 9.85. The molecule has 0 aromatic heterocycles. The lowest BCUT2D eigenvalue weighted by Crippen LogP contribution is -2.45. The second-order valence-electron chi connectivity index (χ2n) is 16.4. The first-order chi connectivity index (χ1) is 26.0. The number of carbonyl (C=O) groups excluding carboxylic acids is 1. The van der Waals surface area contributed by atoms with Gasteiger partial charge in [0.25, 0.3) is 0 Å². The molecular formula is C45H88N2O6P+. The SMILES string of the molecule is CCCCC/C=C/C/C=C/CCCCCCCC(=O)N[C@@H](COP(=O)(O)OCC[N+](C)(C)C)[C@H](O)/C=C/CCCCCCCCCCCCCCCCC. The van der Waals surface area contributed by atoms with Crippen molar-refractivity contribution >= 4 is 13.7 Å². The molecule has 3 N–H and O–H groups in total. The van der Waals surface area contributed by atoms with Gasteiger partial charge < -0.3 is 19.8 Å². The van der Waals surface area contributed by atoms with E-state index in [4.69, 9.17) is 9.05 Å². The molecule has 1 amide bonds. The molecule has 0 aliphatic carbocycles. The van der Waals surface area contributed by atoms with E-state index in [-0.39, 0.29) is 19.1 Å². The van der Waals surface area contributed by atoms with E-state index in [9.17, 15) is 19.4 Å². The summed E-state index contributed by atoms with van der Waals surface area (Å²) in [6.07, 6.45) is 44.9. The number of aliphatic hydroxyl groups excluding tert-OH is 1. The zero-order valence-corrected chi connectivity index (χ0v) is 36.9. The van der Waals surface area contributed by atoms with E-state index in [2.05, 4.69) is 43.5 Å². The Labute approximate surface area is 334 Å². The minimum atomic E-state index is -4.34. The molecule has 3 atom stereocenters. The Hall–Kier alpha value is -1.28. The number of nitrogens with zero attached hydrogens (tertiary/aromatic N) is 1. The van der Waals surface area contributed by atoms with Crippen LogP contribution in [0.15, 0.2) is 36.5 Å². The Bertz CT molecular complexity index is 980. The highest BCUT2D eigenvalue weighted by Gasteiger charge is 2.27. The Morgan fingerprint density at radius 3 is 1.56 bits per heavy atom. The molecule has 0 aromatic carbocycles. The fourth-order valence-corrected chi connectivity index (χ4v) is 6.98. The summed E-state index contributed by atoms with van der Waals surface area (Å²) in [4.78, 5) is 23.1. The van der Waals surface area contributed by atoms with Crippen molar-refractivity contribution in [3.05, 3.63) is 36.5 Å². The number of allylic oxidation sites excluding steroid dienone is 5. The third-order valence-corrected chi connectivity index (χ3v) is 10.8. The maximum absolute atomic E-state index is 12.9. The van der Waals surface area contributed by atoms with Gasteiger partial charge in [0.05, 0.1) is 39.9 Å². The van der Waals surface area contributed by atoms with Gasteiger partial charge in [-0.15, -0.1) is 0 Å². The Balaban J connectivity index is 4.46. The van der Waals surface area contributed by atoms with E-state index in [1.807, 2.05) is 27.2 Å². The molecule has 318 valence electrons. The molecule has 0 fully saturated rings. The van der Waals surface area contributed by atoms with Crippen LogP contribution in [0.25, 0.3) is 0 Å². The lowest BCUT2D eigenvalue weighted by molar-refractivity contribution is -0.870. The number of carbonyl (C=O) groups is 1. The number of hydrogen-bond donors (Lipinski definition) is 3. The topological polar surface area (TPSA) is 105 Å². The molecule has 0 heterocycles. The second-order valence-corrected chi connectivity index (χ2v) is 17.9. The molecule has 0 bridgehead atoms. The van der Waals surface area contributed by atoms with E-state index < -0.39 is 20.0 Å². The Morgan fingerprint density at radius 2 is 1.06 bits per heavy atom. The molecule has 0 rings (SSSR count). The predicted molar refractivity (Wildman–Crippen MR) is 231 cm³/mol. The normalized spacial score (nSPS) is 14.7. The van der Waals surface area contributed by atoms with E-state index in [0.717, 1.165) is 64.2 Å². The monoisotopic (exact) mass is 784 g/mol. The zero-order chi connectivity index (χ0) is 40.0. The first kappa shape index (κ1) is 52.7. The van der Waals surface area contributed by atoms with Gasteiger partial charge in [0, 0.05) is 6.42 Å². The second kappa shape index (κ2) is 37.3. The predicted octanol–water partition coefficient (Wildman–Crippen LogP) is 12.3. The molecule has 0 saturated carbocycles. The summed E-state index contributed by atoms with van der Waals surface area (Å²) >= 11 is 0. The molecule has 8 nitrogen and oxygen atoms in total. The molecule has 0 aliphatic heterocycles. The van der Waals surface area contributed by atoms with E-state index >= 15 is 0 Å². The van der Waals surface area contributed by atoms with Crippen LogP contribution in [0, 0.1) is 0 Å². The first-order valence-corrected chi connectivity index (χ1v) is 23.9. The number of nitrogens with one attached hydrogen (secondary N) is 1. The van der Waals surface area contributed by atoms with Crippen molar-refractivity contribution in [1.29, 1.82) is 0 Å². The van der Waals surface area contributed by atoms with Gasteiger partial charge in [-0.3, -0.25) is 13.8 Å². The van der Waals surface area contributed by atoms with Gasteiger partial charge in [0.1, 0.15) is 13.2 Å². The molecule has 0 saturated heterocycles. The summed E-state index contributed by atoms with van der Waals surface area (Å²) in [5.41, 5.74) is 0. The lowest BCUT2D eigenvalue weighted by Gasteiger charge is -2.25. The summed E-state index contributed by atoms with van der Waals surface area (Å²) < 4.78 is 23.5. The van der Waals surface area contributed by atoms with Crippen molar-refractivity contribution < 1.29 is 32.9 Å². The molecule has 1 unspecified atom stereocenters. The number of rotatable bonds is 40. The number of hydrogen-bond acceptors (Lipinski definition) is 5. The third kappa shape index (κ3) is 39.0. The van der Waals surface area contributed by atoms with Crippen molar-refractivity contribution in [2.75, 3.05) is 40.9 Å². The summed E-state index contributed by atoms with van der Waals surface area (Å²) in [6, 6.07) is -0.852. The van der Waals surface area contributed by atoms with Gasteiger partial charge in [0.2, 0.25) is 5.91 Å². The number of unbranched alkanes of at least 4 members (excludes halogenated alkanes) is 23. The Morgan fingerprint density at radius 1 is 0.630 bits per heavy atom. The number of phosphoric acid groups is 1. The maximum atomic E-state index is 12.9. The highest BCUT2D eigenvalue weighted by Crippen LogP contribution is 2.43. The van der Waals surface area contributed by atoms with Gasteiger partial charge in [-0.1, -0.05) is 172 Å². The van der Waals surface area contributed by atoms with Crippen LogP contribution in [0.5, 0.6) is 0 Å². The number of quaternary nitrogens is 1. The van der Waals surface area contributed by atoms with Gasteiger partial charge in [-0.05, 0) is 51.4 Å².